The number of carboxylic acid groups (broad SMARTS) is 1. The van der Waals surface area contributed by atoms with Crippen LogP contribution in [0, 0.1) is 5.92 Å². The maximum Gasteiger partial charge on any atom is 0.303 e. The number of aliphatic carboxylic acids is 1. The van der Waals surface area contributed by atoms with Gasteiger partial charge >= 0.3 is 5.97 Å². The highest BCUT2D eigenvalue weighted by Crippen LogP contribution is 2.31. The summed E-state index contributed by atoms with van der Waals surface area (Å²) in [6.07, 6.45) is 3.60. The summed E-state index contributed by atoms with van der Waals surface area (Å²) in [5, 5.41) is 11.0. The average molecular weight is 185 g/mol. The zero-order chi connectivity index (χ0) is 9.68. The zero-order valence-electron chi connectivity index (χ0n) is 7.58. The van der Waals surface area contributed by atoms with Gasteiger partial charge in [0.2, 0.25) is 5.91 Å². The van der Waals surface area contributed by atoms with E-state index in [-0.39, 0.29) is 12.3 Å². The first-order valence-corrected chi connectivity index (χ1v) is 4.67. The Kier molecular flexibility index (Phi) is 3.73. The molecule has 0 aliphatic heterocycles. The molecule has 0 unspecified atom stereocenters. The monoisotopic (exact) mass is 185 g/mol. The lowest BCUT2D eigenvalue weighted by Crippen LogP contribution is -2.24. The van der Waals surface area contributed by atoms with Crippen LogP contribution in [0.5, 0.6) is 0 Å². The van der Waals surface area contributed by atoms with Crippen molar-refractivity contribution in [1.29, 1.82) is 0 Å². The first kappa shape index (κ1) is 10.0. The highest BCUT2D eigenvalue weighted by molar-refractivity contribution is 5.76. The van der Waals surface area contributed by atoms with Gasteiger partial charge in [0.05, 0.1) is 0 Å². The van der Waals surface area contributed by atoms with Gasteiger partial charge in [0.25, 0.3) is 0 Å². The quantitative estimate of drug-likeness (QED) is 0.600. The van der Waals surface area contributed by atoms with Crippen molar-refractivity contribution >= 4 is 11.9 Å². The molecule has 2 N–H and O–H groups in total. The Morgan fingerprint density at radius 1 is 1.38 bits per heavy atom. The molecule has 0 bridgehead atoms. The van der Waals surface area contributed by atoms with Crippen LogP contribution in [0.15, 0.2) is 0 Å². The van der Waals surface area contributed by atoms with Crippen molar-refractivity contribution in [2.24, 2.45) is 5.92 Å². The van der Waals surface area contributed by atoms with Crippen LogP contribution in [-0.2, 0) is 9.59 Å². The third-order valence-corrected chi connectivity index (χ3v) is 2.06. The smallest absolute Gasteiger partial charge is 0.303 e. The van der Waals surface area contributed by atoms with Crippen molar-refractivity contribution in [1.82, 2.24) is 5.32 Å². The molecule has 1 rings (SSSR count). The van der Waals surface area contributed by atoms with E-state index in [4.69, 9.17) is 5.11 Å². The predicted molar refractivity (Wildman–Crippen MR) is 47.2 cm³/mol. The van der Waals surface area contributed by atoms with Crippen LogP contribution in [0.3, 0.4) is 0 Å². The van der Waals surface area contributed by atoms with Gasteiger partial charge < -0.3 is 10.4 Å². The highest BCUT2D eigenvalue weighted by atomic mass is 16.4. The van der Waals surface area contributed by atoms with Crippen LogP contribution >= 0.6 is 0 Å². The topological polar surface area (TPSA) is 66.4 Å². The van der Waals surface area contributed by atoms with Crippen molar-refractivity contribution in [3.05, 3.63) is 0 Å². The number of nitrogens with one attached hydrogen (secondary N) is 1. The Labute approximate surface area is 77.3 Å². The van der Waals surface area contributed by atoms with Gasteiger partial charge in [-0.3, -0.25) is 9.59 Å². The van der Waals surface area contributed by atoms with Gasteiger partial charge in [0.1, 0.15) is 0 Å². The predicted octanol–water partition coefficient (Wildman–Crippen LogP) is 0.767. The number of carbonyl (C=O) groups excluding carboxylic acids is 1. The second-order valence-electron chi connectivity index (χ2n) is 3.49. The van der Waals surface area contributed by atoms with Crippen LogP contribution in [0.25, 0.3) is 0 Å². The summed E-state index contributed by atoms with van der Waals surface area (Å²) in [7, 11) is 0. The molecule has 4 heteroatoms. The van der Waals surface area contributed by atoms with Crippen molar-refractivity contribution in [2.75, 3.05) is 6.54 Å². The number of amides is 1. The molecule has 0 heterocycles. The molecule has 0 aromatic rings. The van der Waals surface area contributed by atoms with Gasteiger partial charge in [0.15, 0.2) is 0 Å². The first-order chi connectivity index (χ1) is 6.18. The number of rotatable bonds is 6. The second-order valence-corrected chi connectivity index (χ2v) is 3.49. The number of carbonyl (C=O) groups is 2. The molecule has 13 heavy (non-hydrogen) atoms. The minimum absolute atomic E-state index is 0.0629. The largest absolute Gasteiger partial charge is 0.481 e. The van der Waals surface area contributed by atoms with Crippen molar-refractivity contribution in [2.45, 2.75) is 32.1 Å². The van der Waals surface area contributed by atoms with E-state index in [1.54, 1.807) is 0 Å². The molecule has 0 atom stereocenters. The van der Waals surface area contributed by atoms with Gasteiger partial charge in [0, 0.05) is 19.4 Å². The molecule has 1 fully saturated rings. The molecule has 0 aromatic heterocycles. The van der Waals surface area contributed by atoms with E-state index in [1.165, 1.54) is 12.8 Å². The maximum atomic E-state index is 11.1. The van der Waals surface area contributed by atoms with E-state index in [2.05, 4.69) is 5.32 Å². The van der Waals surface area contributed by atoms with Gasteiger partial charge in [-0.15, -0.1) is 0 Å². The summed E-state index contributed by atoms with van der Waals surface area (Å²) < 4.78 is 0. The van der Waals surface area contributed by atoms with E-state index in [0.29, 0.717) is 25.3 Å². The van der Waals surface area contributed by atoms with Crippen LogP contribution in [0.2, 0.25) is 0 Å². The number of carboxylic acids is 1. The minimum atomic E-state index is -0.809. The van der Waals surface area contributed by atoms with E-state index in [0.717, 1.165) is 0 Å². The molecule has 4 nitrogen and oxygen atoms in total. The van der Waals surface area contributed by atoms with Gasteiger partial charge in [-0.25, -0.2) is 0 Å². The van der Waals surface area contributed by atoms with E-state index in [9.17, 15) is 9.59 Å². The molecule has 0 radical (unpaired) electrons. The van der Waals surface area contributed by atoms with Crippen molar-refractivity contribution in [3.8, 4) is 0 Å². The highest BCUT2D eigenvalue weighted by Gasteiger charge is 2.23. The van der Waals surface area contributed by atoms with Crippen LogP contribution in [0.4, 0.5) is 0 Å². The van der Waals surface area contributed by atoms with Crippen molar-refractivity contribution < 1.29 is 14.7 Å². The Hall–Kier alpha value is -1.06. The lowest BCUT2D eigenvalue weighted by Gasteiger charge is -2.02. The molecule has 74 valence electrons. The van der Waals surface area contributed by atoms with Crippen molar-refractivity contribution in [3.63, 3.8) is 0 Å². The number of hydrogen-bond acceptors (Lipinski definition) is 2. The molecule has 1 amide bonds. The van der Waals surface area contributed by atoms with E-state index < -0.39 is 5.97 Å². The molecular weight excluding hydrogens is 170 g/mol. The molecular formula is C9H15NO3. The Morgan fingerprint density at radius 2 is 2.08 bits per heavy atom. The molecule has 1 aliphatic rings. The fourth-order valence-corrected chi connectivity index (χ4v) is 1.12. The lowest BCUT2D eigenvalue weighted by molar-refractivity contribution is -0.137. The van der Waals surface area contributed by atoms with Gasteiger partial charge in [-0.05, 0) is 25.2 Å². The SMILES string of the molecule is O=C(O)CCCNC(=O)CC1CC1. The maximum absolute atomic E-state index is 11.1. The summed E-state index contributed by atoms with van der Waals surface area (Å²) >= 11 is 0. The second kappa shape index (κ2) is 4.84. The Morgan fingerprint density at radius 3 is 2.62 bits per heavy atom. The molecule has 0 saturated heterocycles. The fraction of sp³-hybridized carbons (Fsp3) is 0.778. The molecule has 1 aliphatic carbocycles. The zero-order valence-corrected chi connectivity index (χ0v) is 7.58. The fourth-order valence-electron chi connectivity index (χ4n) is 1.12. The molecule has 1 saturated carbocycles. The summed E-state index contributed by atoms with van der Waals surface area (Å²) in [5.41, 5.74) is 0. The van der Waals surface area contributed by atoms with Crippen LogP contribution in [0.1, 0.15) is 32.1 Å². The first-order valence-electron chi connectivity index (χ1n) is 4.67. The van der Waals surface area contributed by atoms with E-state index >= 15 is 0 Å². The number of hydrogen-bond donors (Lipinski definition) is 2. The minimum Gasteiger partial charge on any atom is -0.481 e. The summed E-state index contributed by atoms with van der Waals surface area (Å²) in [6, 6.07) is 0. The Balaban J connectivity index is 1.91. The molecule has 0 aromatic carbocycles. The third kappa shape index (κ3) is 5.22. The summed E-state index contributed by atoms with van der Waals surface area (Å²) in [4.78, 5) is 21.2. The van der Waals surface area contributed by atoms with Crippen LogP contribution < -0.4 is 5.32 Å². The average Bonchev–Trinajstić information content (AvgIpc) is 2.81. The third-order valence-electron chi connectivity index (χ3n) is 2.06. The summed E-state index contributed by atoms with van der Waals surface area (Å²) in [5.74, 6) is -0.149. The standard InChI is InChI=1S/C9H15NO3/c11-8(6-7-3-4-7)10-5-1-2-9(12)13/h7H,1-6H2,(H,10,11)(H,12,13). The summed E-state index contributed by atoms with van der Waals surface area (Å²) in [6.45, 7) is 0.484. The van der Waals surface area contributed by atoms with Gasteiger partial charge in [-0.2, -0.15) is 0 Å². The normalized spacial score (nSPS) is 15.4. The Bertz CT molecular complexity index is 199. The van der Waals surface area contributed by atoms with E-state index in [1.807, 2.05) is 0 Å². The lowest BCUT2D eigenvalue weighted by atomic mass is 10.2. The van der Waals surface area contributed by atoms with Crippen LogP contribution in [-0.4, -0.2) is 23.5 Å². The molecule has 0 spiro atoms. The van der Waals surface area contributed by atoms with Gasteiger partial charge in [-0.1, -0.05) is 0 Å².